The highest BCUT2D eigenvalue weighted by Gasteiger charge is 2.03. The monoisotopic (exact) mass is 192 g/mol. The molecule has 0 aliphatic heterocycles. The van der Waals surface area contributed by atoms with Gasteiger partial charge in [-0.15, -0.1) is 0 Å². The van der Waals surface area contributed by atoms with Gasteiger partial charge >= 0.3 is 0 Å². The summed E-state index contributed by atoms with van der Waals surface area (Å²) in [6.07, 6.45) is 2.47. The molecule has 0 aliphatic rings. The van der Waals surface area contributed by atoms with E-state index >= 15 is 0 Å². The van der Waals surface area contributed by atoms with E-state index in [4.69, 9.17) is 4.74 Å². The lowest BCUT2D eigenvalue weighted by molar-refractivity contribution is -0.107. The van der Waals surface area contributed by atoms with Crippen molar-refractivity contribution in [1.29, 1.82) is 0 Å². The van der Waals surface area contributed by atoms with E-state index in [1.54, 1.807) is 7.11 Å². The second-order valence-electron chi connectivity index (χ2n) is 3.33. The molecule has 1 unspecified atom stereocenters. The van der Waals surface area contributed by atoms with Crippen molar-refractivity contribution in [3.63, 3.8) is 0 Å². The zero-order valence-electron chi connectivity index (χ0n) is 8.69. The van der Waals surface area contributed by atoms with Crippen LogP contribution in [0.25, 0.3) is 0 Å². The molecule has 0 saturated carbocycles. The van der Waals surface area contributed by atoms with Gasteiger partial charge in [0.25, 0.3) is 0 Å². The van der Waals surface area contributed by atoms with Crippen molar-refractivity contribution in [1.82, 2.24) is 0 Å². The van der Waals surface area contributed by atoms with Crippen LogP contribution in [0.3, 0.4) is 0 Å². The van der Waals surface area contributed by atoms with Crippen molar-refractivity contribution in [2.45, 2.75) is 25.9 Å². The molecule has 14 heavy (non-hydrogen) atoms. The van der Waals surface area contributed by atoms with Gasteiger partial charge in [-0.2, -0.15) is 0 Å². The Bertz CT molecular complexity index is 294. The second kappa shape index (κ2) is 5.55. The maximum absolute atomic E-state index is 10.2. The maximum Gasteiger partial charge on any atom is 0.120 e. The van der Waals surface area contributed by atoms with Crippen LogP contribution in [0.5, 0.6) is 0 Å². The SMILES string of the molecule is COC(C)c1cccc(CCC=O)c1. The standard InChI is InChI=1S/C12H16O2/c1-10(14-2)12-7-3-5-11(9-12)6-4-8-13/h3,5,7-10H,4,6H2,1-2H3. The molecular formula is C12H16O2. The van der Waals surface area contributed by atoms with Crippen molar-refractivity contribution in [3.05, 3.63) is 35.4 Å². The average Bonchev–Trinajstić information content (AvgIpc) is 2.25. The van der Waals surface area contributed by atoms with Crippen molar-refractivity contribution in [2.24, 2.45) is 0 Å². The van der Waals surface area contributed by atoms with Gasteiger partial charge in [0, 0.05) is 13.5 Å². The molecular weight excluding hydrogens is 176 g/mol. The van der Waals surface area contributed by atoms with Crippen LogP contribution in [0.2, 0.25) is 0 Å². The molecule has 0 spiro atoms. The van der Waals surface area contributed by atoms with Crippen LogP contribution in [0.15, 0.2) is 24.3 Å². The van der Waals surface area contributed by atoms with E-state index in [0.717, 1.165) is 18.3 Å². The number of aryl methyl sites for hydroxylation is 1. The molecule has 0 N–H and O–H groups in total. The van der Waals surface area contributed by atoms with Crippen LogP contribution in [0, 0.1) is 0 Å². The largest absolute Gasteiger partial charge is 0.377 e. The number of rotatable bonds is 5. The van der Waals surface area contributed by atoms with Gasteiger partial charge in [-0.3, -0.25) is 0 Å². The molecule has 0 bridgehead atoms. The lowest BCUT2D eigenvalue weighted by Gasteiger charge is -2.10. The zero-order valence-corrected chi connectivity index (χ0v) is 8.69. The highest BCUT2D eigenvalue weighted by molar-refractivity contribution is 5.50. The number of ether oxygens (including phenoxy) is 1. The van der Waals surface area contributed by atoms with Crippen LogP contribution in [0.4, 0.5) is 0 Å². The fourth-order valence-electron chi connectivity index (χ4n) is 1.36. The molecule has 2 heteroatoms. The number of methoxy groups -OCH3 is 1. The van der Waals surface area contributed by atoms with Gasteiger partial charge in [-0.05, 0) is 24.5 Å². The van der Waals surface area contributed by atoms with Crippen LogP contribution < -0.4 is 0 Å². The van der Waals surface area contributed by atoms with Gasteiger partial charge in [0.15, 0.2) is 0 Å². The lowest BCUT2D eigenvalue weighted by Crippen LogP contribution is -1.97. The maximum atomic E-state index is 10.2. The van der Waals surface area contributed by atoms with Gasteiger partial charge in [0.1, 0.15) is 6.29 Å². The summed E-state index contributed by atoms with van der Waals surface area (Å²) < 4.78 is 5.23. The number of benzene rings is 1. The summed E-state index contributed by atoms with van der Waals surface area (Å²) in [5, 5.41) is 0. The van der Waals surface area contributed by atoms with Crippen LogP contribution in [-0.4, -0.2) is 13.4 Å². The van der Waals surface area contributed by atoms with Crippen molar-refractivity contribution >= 4 is 6.29 Å². The number of carbonyl (C=O) groups is 1. The number of hydrogen-bond donors (Lipinski definition) is 0. The normalized spacial score (nSPS) is 12.4. The van der Waals surface area contributed by atoms with E-state index in [9.17, 15) is 4.79 Å². The van der Waals surface area contributed by atoms with Gasteiger partial charge in [0.05, 0.1) is 6.10 Å². The molecule has 0 aliphatic carbocycles. The van der Waals surface area contributed by atoms with Crippen molar-refractivity contribution < 1.29 is 9.53 Å². The number of aldehydes is 1. The Morgan fingerprint density at radius 3 is 2.93 bits per heavy atom. The van der Waals surface area contributed by atoms with Gasteiger partial charge in [0.2, 0.25) is 0 Å². The second-order valence-corrected chi connectivity index (χ2v) is 3.33. The lowest BCUT2D eigenvalue weighted by atomic mass is 10.0. The van der Waals surface area contributed by atoms with E-state index in [-0.39, 0.29) is 6.10 Å². The minimum atomic E-state index is 0.117. The smallest absolute Gasteiger partial charge is 0.120 e. The number of carbonyl (C=O) groups excluding carboxylic acids is 1. The molecule has 0 amide bonds. The Morgan fingerprint density at radius 1 is 1.50 bits per heavy atom. The first-order valence-electron chi connectivity index (χ1n) is 4.83. The molecule has 1 aromatic rings. The Labute approximate surface area is 84.9 Å². The predicted octanol–water partition coefficient (Wildman–Crippen LogP) is 2.53. The van der Waals surface area contributed by atoms with Crippen LogP contribution in [0.1, 0.15) is 30.6 Å². The minimum absolute atomic E-state index is 0.117. The summed E-state index contributed by atoms with van der Waals surface area (Å²) in [6.45, 7) is 2.01. The number of hydrogen-bond acceptors (Lipinski definition) is 2. The molecule has 0 heterocycles. The molecule has 0 aromatic heterocycles. The summed E-state index contributed by atoms with van der Waals surface area (Å²) in [6, 6.07) is 8.18. The molecule has 0 fully saturated rings. The molecule has 1 rings (SSSR count). The summed E-state index contributed by atoms with van der Waals surface area (Å²) in [5.74, 6) is 0. The van der Waals surface area contributed by atoms with Crippen molar-refractivity contribution in [3.8, 4) is 0 Å². The van der Waals surface area contributed by atoms with E-state index < -0.39 is 0 Å². The molecule has 0 radical (unpaired) electrons. The Morgan fingerprint density at radius 2 is 2.29 bits per heavy atom. The van der Waals surface area contributed by atoms with Gasteiger partial charge < -0.3 is 9.53 Å². The highest BCUT2D eigenvalue weighted by Crippen LogP contribution is 2.17. The van der Waals surface area contributed by atoms with E-state index in [0.29, 0.717) is 6.42 Å². The summed E-state index contributed by atoms with van der Waals surface area (Å²) in [7, 11) is 1.70. The minimum Gasteiger partial charge on any atom is -0.377 e. The third kappa shape index (κ3) is 2.96. The van der Waals surface area contributed by atoms with Crippen LogP contribution >= 0.6 is 0 Å². The topological polar surface area (TPSA) is 26.3 Å². The molecule has 0 saturated heterocycles. The van der Waals surface area contributed by atoms with Gasteiger partial charge in [-0.25, -0.2) is 0 Å². The highest BCUT2D eigenvalue weighted by atomic mass is 16.5. The first-order chi connectivity index (χ1) is 6.77. The first kappa shape index (κ1) is 10.9. The van der Waals surface area contributed by atoms with E-state index in [1.165, 1.54) is 5.56 Å². The summed E-state index contributed by atoms with van der Waals surface area (Å²) >= 11 is 0. The molecule has 76 valence electrons. The third-order valence-electron chi connectivity index (χ3n) is 2.32. The predicted molar refractivity (Wildman–Crippen MR) is 56.3 cm³/mol. The summed E-state index contributed by atoms with van der Waals surface area (Å²) in [4.78, 5) is 10.2. The van der Waals surface area contributed by atoms with Gasteiger partial charge in [-0.1, -0.05) is 24.3 Å². The average molecular weight is 192 g/mol. The molecule has 1 aromatic carbocycles. The Hall–Kier alpha value is -1.15. The van der Waals surface area contributed by atoms with Crippen LogP contribution in [-0.2, 0) is 16.0 Å². The third-order valence-corrected chi connectivity index (χ3v) is 2.32. The quantitative estimate of drug-likeness (QED) is 0.670. The summed E-state index contributed by atoms with van der Waals surface area (Å²) in [5.41, 5.74) is 2.36. The fourth-order valence-corrected chi connectivity index (χ4v) is 1.36. The Kier molecular flexibility index (Phi) is 4.33. The first-order valence-corrected chi connectivity index (χ1v) is 4.83. The fraction of sp³-hybridized carbons (Fsp3) is 0.417. The Balaban J connectivity index is 2.73. The molecule has 1 atom stereocenters. The van der Waals surface area contributed by atoms with Crippen molar-refractivity contribution in [2.75, 3.05) is 7.11 Å². The van der Waals surface area contributed by atoms with E-state index in [1.807, 2.05) is 25.1 Å². The van der Waals surface area contributed by atoms with E-state index in [2.05, 4.69) is 6.07 Å². The molecule has 2 nitrogen and oxygen atoms in total. The zero-order chi connectivity index (χ0) is 10.4.